The molecule has 8 heteroatoms. The Hall–Kier alpha value is -3.23. The third-order valence-corrected chi connectivity index (χ3v) is 5.19. The first-order valence-corrected chi connectivity index (χ1v) is 10.0. The first-order valence-electron chi connectivity index (χ1n) is 10.0. The number of nitrogens with one attached hydrogen (secondary N) is 2. The lowest BCUT2D eigenvalue weighted by molar-refractivity contribution is -0.116. The summed E-state index contributed by atoms with van der Waals surface area (Å²) < 4.78 is 6.80. The molecule has 0 radical (unpaired) electrons. The van der Waals surface area contributed by atoms with E-state index < -0.39 is 11.2 Å². The molecule has 0 aliphatic carbocycles. The number of benzene rings is 2. The number of carbonyl (C=O) groups excluding carboxylic acids is 1. The molecule has 2 aromatic carbocycles. The molecule has 0 bridgehead atoms. The quantitative estimate of drug-likeness (QED) is 0.645. The van der Waals surface area contributed by atoms with Crippen LogP contribution in [0.4, 0.5) is 5.69 Å². The van der Waals surface area contributed by atoms with Gasteiger partial charge in [-0.3, -0.25) is 24.0 Å². The Labute approximate surface area is 173 Å². The fourth-order valence-corrected chi connectivity index (χ4v) is 3.67. The molecule has 1 saturated heterocycles. The molecule has 1 aromatic heterocycles. The lowest BCUT2D eigenvalue weighted by atomic mass is 10.1. The number of fused-ring (bicyclic) bond motifs is 1. The van der Waals surface area contributed by atoms with Gasteiger partial charge in [0.1, 0.15) is 0 Å². The number of anilines is 1. The molecule has 1 aliphatic heterocycles. The number of carbonyl (C=O) groups is 1. The Bertz CT molecular complexity index is 1160. The fourth-order valence-electron chi connectivity index (χ4n) is 3.67. The zero-order valence-corrected chi connectivity index (χ0v) is 16.6. The average molecular weight is 408 g/mol. The van der Waals surface area contributed by atoms with Crippen LogP contribution >= 0.6 is 0 Å². The highest BCUT2D eigenvalue weighted by Crippen LogP contribution is 2.14. The van der Waals surface area contributed by atoms with Crippen molar-refractivity contribution in [3.05, 3.63) is 74.9 Å². The summed E-state index contributed by atoms with van der Waals surface area (Å²) in [5.74, 6) is -0.194. The normalized spacial score (nSPS) is 14.7. The Balaban J connectivity index is 1.41. The molecule has 0 unspecified atom stereocenters. The number of morpholine rings is 1. The van der Waals surface area contributed by atoms with E-state index in [1.165, 1.54) is 4.57 Å². The van der Waals surface area contributed by atoms with Crippen LogP contribution in [0, 0.1) is 0 Å². The highest BCUT2D eigenvalue weighted by atomic mass is 16.5. The number of rotatable bonds is 6. The minimum atomic E-state index is -0.515. The number of ether oxygens (including phenoxy) is 1. The highest BCUT2D eigenvalue weighted by Gasteiger charge is 2.12. The minimum Gasteiger partial charge on any atom is -0.379 e. The van der Waals surface area contributed by atoms with Crippen LogP contribution in [0.2, 0.25) is 0 Å². The molecule has 2 N–H and O–H groups in total. The SMILES string of the molecule is O=C(CCn1c(=O)[nH]c(=O)c2ccccc21)Nc1cccc(CN2CCOCC2)c1. The maximum atomic E-state index is 12.5. The second-order valence-corrected chi connectivity index (χ2v) is 7.32. The number of hydrogen-bond donors (Lipinski definition) is 2. The number of nitrogens with zero attached hydrogens (tertiary/aromatic N) is 2. The molecule has 1 amide bonds. The Morgan fingerprint density at radius 2 is 1.87 bits per heavy atom. The van der Waals surface area contributed by atoms with Crippen molar-refractivity contribution in [2.24, 2.45) is 0 Å². The highest BCUT2D eigenvalue weighted by molar-refractivity contribution is 5.90. The van der Waals surface area contributed by atoms with Crippen LogP contribution in [0.5, 0.6) is 0 Å². The molecule has 3 aromatic rings. The van der Waals surface area contributed by atoms with Gasteiger partial charge >= 0.3 is 5.69 Å². The predicted molar refractivity (Wildman–Crippen MR) is 115 cm³/mol. The summed E-state index contributed by atoms with van der Waals surface area (Å²) in [7, 11) is 0. The predicted octanol–water partition coefficient (Wildman–Crippen LogP) is 1.55. The van der Waals surface area contributed by atoms with Crippen LogP contribution in [0.15, 0.2) is 58.1 Å². The summed E-state index contributed by atoms with van der Waals surface area (Å²) in [5, 5.41) is 3.32. The van der Waals surface area contributed by atoms with Gasteiger partial charge in [-0.15, -0.1) is 0 Å². The summed E-state index contributed by atoms with van der Waals surface area (Å²) in [6.45, 7) is 4.28. The maximum Gasteiger partial charge on any atom is 0.328 e. The van der Waals surface area contributed by atoms with Gasteiger partial charge in [-0.25, -0.2) is 4.79 Å². The van der Waals surface area contributed by atoms with Crippen molar-refractivity contribution >= 4 is 22.5 Å². The molecule has 156 valence electrons. The van der Waals surface area contributed by atoms with E-state index in [1.807, 2.05) is 24.3 Å². The van der Waals surface area contributed by atoms with E-state index in [4.69, 9.17) is 4.74 Å². The van der Waals surface area contributed by atoms with Crippen LogP contribution in [0.3, 0.4) is 0 Å². The third kappa shape index (κ3) is 4.67. The molecule has 4 rings (SSSR count). The third-order valence-electron chi connectivity index (χ3n) is 5.19. The number of amides is 1. The van der Waals surface area contributed by atoms with Gasteiger partial charge in [0.25, 0.3) is 5.56 Å². The van der Waals surface area contributed by atoms with Crippen molar-refractivity contribution in [3.8, 4) is 0 Å². The zero-order valence-electron chi connectivity index (χ0n) is 16.6. The lowest BCUT2D eigenvalue weighted by Crippen LogP contribution is -2.35. The van der Waals surface area contributed by atoms with E-state index in [-0.39, 0.29) is 18.9 Å². The summed E-state index contributed by atoms with van der Waals surface area (Å²) in [5.41, 5.74) is 1.43. The summed E-state index contributed by atoms with van der Waals surface area (Å²) >= 11 is 0. The topological polar surface area (TPSA) is 96.4 Å². The standard InChI is InChI=1S/C22H24N4O4/c27-20(8-9-26-19-7-2-1-6-18(19)21(28)24-22(26)29)23-17-5-3-4-16(14-17)15-25-10-12-30-13-11-25/h1-7,14H,8-13,15H2,(H,23,27)(H,24,28,29). The molecule has 1 fully saturated rings. The Morgan fingerprint density at radius 3 is 2.70 bits per heavy atom. The van der Waals surface area contributed by atoms with Gasteiger partial charge in [-0.05, 0) is 29.8 Å². The van der Waals surface area contributed by atoms with E-state index in [9.17, 15) is 14.4 Å². The summed E-state index contributed by atoms with van der Waals surface area (Å²) in [6.07, 6.45) is 0.115. The largest absolute Gasteiger partial charge is 0.379 e. The van der Waals surface area contributed by atoms with E-state index >= 15 is 0 Å². The van der Waals surface area contributed by atoms with Gasteiger partial charge in [0.15, 0.2) is 0 Å². The van der Waals surface area contributed by atoms with Crippen LogP contribution in [-0.2, 0) is 22.6 Å². The number of aryl methyl sites for hydroxylation is 1. The van der Waals surface area contributed by atoms with Crippen molar-refractivity contribution in [1.82, 2.24) is 14.5 Å². The second kappa shape index (κ2) is 9.06. The van der Waals surface area contributed by atoms with Gasteiger partial charge in [0, 0.05) is 38.3 Å². The molecular weight excluding hydrogens is 384 g/mol. The van der Waals surface area contributed by atoms with Gasteiger partial charge in [0.2, 0.25) is 5.91 Å². The Morgan fingerprint density at radius 1 is 1.07 bits per heavy atom. The van der Waals surface area contributed by atoms with Crippen molar-refractivity contribution in [1.29, 1.82) is 0 Å². The summed E-state index contributed by atoms with van der Waals surface area (Å²) in [4.78, 5) is 41.3. The number of hydrogen-bond acceptors (Lipinski definition) is 5. The lowest BCUT2D eigenvalue weighted by Gasteiger charge is -2.26. The smallest absolute Gasteiger partial charge is 0.328 e. The Kier molecular flexibility index (Phi) is 6.06. The molecule has 2 heterocycles. The molecule has 0 saturated carbocycles. The summed E-state index contributed by atoms with van der Waals surface area (Å²) in [6, 6.07) is 14.6. The molecule has 1 aliphatic rings. The van der Waals surface area contributed by atoms with E-state index in [1.54, 1.807) is 24.3 Å². The van der Waals surface area contributed by atoms with Gasteiger partial charge in [-0.2, -0.15) is 0 Å². The van der Waals surface area contributed by atoms with E-state index in [0.717, 1.165) is 44.1 Å². The number of aromatic nitrogens is 2. The van der Waals surface area contributed by atoms with Crippen molar-refractivity contribution in [2.45, 2.75) is 19.5 Å². The molecule has 8 nitrogen and oxygen atoms in total. The number of para-hydroxylation sites is 1. The van der Waals surface area contributed by atoms with Crippen molar-refractivity contribution < 1.29 is 9.53 Å². The average Bonchev–Trinajstić information content (AvgIpc) is 2.74. The second-order valence-electron chi connectivity index (χ2n) is 7.32. The van der Waals surface area contributed by atoms with E-state index in [0.29, 0.717) is 10.9 Å². The fraction of sp³-hybridized carbons (Fsp3) is 0.318. The van der Waals surface area contributed by atoms with Gasteiger partial charge in [-0.1, -0.05) is 24.3 Å². The number of H-pyrrole nitrogens is 1. The molecule has 0 spiro atoms. The maximum absolute atomic E-state index is 12.5. The van der Waals surface area contributed by atoms with Crippen LogP contribution in [0.1, 0.15) is 12.0 Å². The molecular formula is C22H24N4O4. The van der Waals surface area contributed by atoms with Gasteiger partial charge < -0.3 is 10.1 Å². The monoisotopic (exact) mass is 408 g/mol. The first-order chi connectivity index (χ1) is 14.6. The van der Waals surface area contributed by atoms with Crippen molar-refractivity contribution in [2.75, 3.05) is 31.6 Å². The number of aromatic amines is 1. The van der Waals surface area contributed by atoms with Gasteiger partial charge in [0.05, 0.1) is 24.1 Å². The van der Waals surface area contributed by atoms with Crippen LogP contribution in [-0.4, -0.2) is 46.7 Å². The molecule has 30 heavy (non-hydrogen) atoms. The molecule has 0 atom stereocenters. The first kappa shape index (κ1) is 20.1. The zero-order chi connectivity index (χ0) is 20.9. The van der Waals surface area contributed by atoms with Crippen LogP contribution < -0.4 is 16.6 Å². The minimum absolute atomic E-state index is 0.115. The van der Waals surface area contributed by atoms with Crippen LogP contribution in [0.25, 0.3) is 10.9 Å². The van der Waals surface area contributed by atoms with Crippen molar-refractivity contribution in [3.63, 3.8) is 0 Å². The van der Waals surface area contributed by atoms with E-state index in [2.05, 4.69) is 15.2 Å².